The van der Waals surface area contributed by atoms with Crippen molar-refractivity contribution in [3.63, 3.8) is 0 Å². The molecule has 2 fully saturated rings. The molecule has 3 aromatic rings. The Morgan fingerprint density at radius 3 is 2.93 bits per heavy atom. The highest BCUT2D eigenvalue weighted by atomic mass is 16.2. The lowest BCUT2D eigenvalue weighted by atomic mass is 9.99. The Morgan fingerprint density at radius 2 is 2.07 bits per heavy atom. The summed E-state index contributed by atoms with van der Waals surface area (Å²) in [5.41, 5.74) is 6.72. The number of carbonyl (C=O) groups is 2. The van der Waals surface area contributed by atoms with Crippen LogP contribution in [0.2, 0.25) is 0 Å². The van der Waals surface area contributed by atoms with Gasteiger partial charge in [0.05, 0.1) is 12.4 Å². The van der Waals surface area contributed by atoms with Crippen LogP contribution in [-0.2, 0) is 4.79 Å². The first kappa shape index (κ1) is 17.5. The van der Waals surface area contributed by atoms with Crippen molar-refractivity contribution in [1.29, 1.82) is 0 Å². The number of aromatic nitrogens is 5. The van der Waals surface area contributed by atoms with Crippen LogP contribution >= 0.6 is 0 Å². The number of piperidine rings is 1. The van der Waals surface area contributed by atoms with Crippen LogP contribution in [0.4, 0.5) is 5.82 Å². The molecule has 148 valence electrons. The molecule has 0 bridgehead atoms. The number of nitrogens with zero attached hydrogens (tertiary/aromatic N) is 7. The standard InChI is InChI=1S/C19H20N8O2/c20-18(29)13-11-27-14(8-23-16(27)9-22-13)19-21-5-4-15(24-19)25-6-7-26-12(10-25)2-1-3-17(26)28/h4-5,8-9,11-12H,1-3,6-7,10H2,(H2,20,29). The summed E-state index contributed by atoms with van der Waals surface area (Å²) in [5, 5.41) is 0. The number of nitrogens with two attached hydrogens (primary N) is 1. The minimum Gasteiger partial charge on any atom is -0.364 e. The van der Waals surface area contributed by atoms with Crippen LogP contribution in [0, 0.1) is 0 Å². The van der Waals surface area contributed by atoms with Crippen molar-refractivity contribution < 1.29 is 9.59 Å². The van der Waals surface area contributed by atoms with E-state index in [1.165, 1.54) is 6.20 Å². The molecule has 2 saturated heterocycles. The fourth-order valence-corrected chi connectivity index (χ4v) is 4.10. The lowest BCUT2D eigenvalue weighted by molar-refractivity contribution is -0.136. The summed E-state index contributed by atoms with van der Waals surface area (Å²) in [6.07, 6.45) is 9.03. The highest BCUT2D eigenvalue weighted by molar-refractivity contribution is 5.90. The van der Waals surface area contributed by atoms with Crippen LogP contribution in [0.5, 0.6) is 0 Å². The molecule has 5 heterocycles. The SMILES string of the molecule is NC(=O)c1cn2c(-c3nccc(N4CCN5C(=O)CCCC5C4)n3)cnc2cn1. The predicted molar refractivity (Wildman–Crippen MR) is 104 cm³/mol. The number of amides is 2. The topological polar surface area (TPSA) is 123 Å². The molecule has 10 nitrogen and oxygen atoms in total. The lowest BCUT2D eigenvalue weighted by Gasteiger charge is -2.44. The van der Waals surface area contributed by atoms with E-state index in [0.717, 1.165) is 31.7 Å². The second-order valence-corrected chi connectivity index (χ2v) is 7.33. The van der Waals surface area contributed by atoms with Gasteiger partial charge in [-0.2, -0.15) is 0 Å². The maximum Gasteiger partial charge on any atom is 0.268 e. The Balaban J connectivity index is 1.46. The molecule has 1 atom stereocenters. The molecule has 1 unspecified atom stereocenters. The summed E-state index contributed by atoms with van der Waals surface area (Å²) in [5.74, 6) is 0.959. The molecular weight excluding hydrogens is 372 g/mol. The van der Waals surface area contributed by atoms with Crippen molar-refractivity contribution in [3.8, 4) is 11.5 Å². The molecule has 0 spiro atoms. The number of fused-ring (bicyclic) bond motifs is 2. The summed E-state index contributed by atoms with van der Waals surface area (Å²) in [6.45, 7) is 2.22. The van der Waals surface area contributed by atoms with Gasteiger partial charge in [0.1, 0.15) is 17.2 Å². The summed E-state index contributed by atoms with van der Waals surface area (Å²) in [7, 11) is 0. The van der Waals surface area contributed by atoms with E-state index < -0.39 is 5.91 Å². The number of carbonyl (C=O) groups excluding carboxylic acids is 2. The van der Waals surface area contributed by atoms with Crippen LogP contribution < -0.4 is 10.6 Å². The molecule has 0 aromatic carbocycles. The number of hydrogen-bond donors (Lipinski definition) is 1. The van der Waals surface area contributed by atoms with Crippen molar-refractivity contribution >= 4 is 23.3 Å². The van der Waals surface area contributed by atoms with Gasteiger partial charge in [-0.05, 0) is 18.9 Å². The second kappa shape index (κ2) is 6.80. The zero-order valence-electron chi connectivity index (χ0n) is 15.7. The zero-order valence-corrected chi connectivity index (χ0v) is 15.7. The van der Waals surface area contributed by atoms with Gasteiger partial charge in [0.25, 0.3) is 5.91 Å². The number of anilines is 1. The number of hydrogen-bond acceptors (Lipinski definition) is 7. The molecule has 2 aliphatic rings. The van der Waals surface area contributed by atoms with Crippen molar-refractivity contribution in [2.24, 2.45) is 5.73 Å². The molecule has 2 N–H and O–H groups in total. The van der Waals surface area contributed by atoms with Gasteiger partial charge >= 0.3 is 0 Å². The third-order valence-electron chi connectivity index (χ3n) is 5.57. The Kier molecular flexibility index (Phi) is 4.11. The highest BCUT2D eigenvalue weighted by Crippen LogP contribution is 2.26. The van der Waals surface area contributed by atoms with E-state index in [9.17, 15) is 9.59 Å². The second-order valence-electron chi connectivity index (χ2n) is 7.33. The van der Waals surface area contributed by atoms with E-state index >= 15 is 0 Å². The van der Waals surface area contributed by atoms with E-state index in [2.05, 4.69) is 19.9 Å². The van der Waals surface area contributed by atoms with Crippen LogP contribution in [-0.4, -0.2) is 66.7 Å². The van der Waals surface area contributed by atoms with Crippen molar-refractivity contribution in [2.75, 3.05) is 24.5 Å². The average Bonchev–Trinajstić information content (AvgIpc) is 3.17. The summed E-state index contributed by atoms with van der Waals surface area (Å²) < 4.78 is 1.71. The van der Waals surface area contributed by atoms with Gasteiger partial charge in [-0.1, -0.05) is 0 Å². The third kappa shape index (κ3) is 3.06. The quantitative estimate of drug-likeness (QED) is 0.688. The third-order valence-corrected chi connectivity index (χ3v) is 5.57. The maximum atomic E-state index is 12.1. The fourth-order valence-electron chi connectivity index (χ4n) is 4.10. The van der Waals surface area contributed by atoms with E-state index in [0.29, 0.717) is 30.1 Å². The van der Waals surface area contributed by atoms with E-state index in [1.807, 2.05) is 11.0 Å². The molecule has 0 radical (unpaired) electrons. The molecule has 29 heavy (non-hydrogen) atoms. The molecule has 2 aliphatic heterocycles. The van der Waals surface area contributed by atoms with Gasteiger partial charge in [0, 0.05) is 44.5 Å². The Morgan fingerprint density at radius 1 is 1.17 bits per heavy atom. The predicted octanol–water partition coefficient (Wildman–Crippen LogP) is 0.486. The van der Waals surface area contributed by atoms with Gasteiger partial charge in [0.15, 0.2) is 11.5 Å². The number of imidazole rings is 1. The normalized spacial score (nSPS) is 19.4. The first-order valence-electron chi connectivity index (χ1n) is 9.61. The smallest absolute Gasteiger partial charge is 0.268 e. The summed E-state index contributed by atoms with van der Waals surface area (Å²) in [6, 6.07) is 2.12. The minimum atomic E-state index is -0.610. The van der Waals surface area contributed by atoms with E-state index in [1.54, 1.807) is 23.0 Å². The molecule has 10 heteroatoms. The van der Waals surface area contributed by atoms with E-state index in [-0.39, 0.29) is 17.6 Å². The molecule has 0 saturated carbocycles. The first-order valence-corrected chi connectivity index (χ1v) is 9.61. The van der Waals surface area contributed by atoms with Crippen LogP contribution in [0.15, 0.2) is 30.9 Å². The van der Waals surface area contributed by atoms with Gasteiger partial charge in [-0.25, -0.2) is 19.9 Å². The van der Waals surface area contributed by atoms with Gasteiger partial charge < -0.3 is 15.5 Å². The van der Waals surface area contributed by atoms with E-state index in [4.69, 9.17) is 10.7 Å². The summed E-state index contributed by atoms with van der Waals surface area (Å²) in [4.78, 5) is 45.2. The maximum absolute atomic E-state index is 12.1. The monoisotopic (exact) mass is 392 g/mol. The van der Waals surface area contributed by atoms with Crippen LogP contribution in [0.25, 0.3) is 17.2 Å². The van der Waals surface area contributed by atoms with Crippen molar-refractivity contribution in [1.82, 2.24) is 29.2 Å². The van der Waals surface area contributed by atoms with Gasteiger partial charge in [-0.3, -0.25) is 14.0 Å². The fraction of sp³-hybridized carbons (Fsp3) is 0.368. The largest absolute Gasteiger partial charge is 0.364 e. The number of rotatable bonds is 3. The van der Waals surface area contributed by atoms with Crippen LogP contribution in [0.3, 0.4) is 0 Å². The highest BCUT2D eigenvalue weighted by Gasteiger charge is 2.33. The number of primary amides is 1. The minimum absolute atomic E-state index is 0.144. The molecule has 3 aromatic heterocycles. The molecule has 2 amide bonds. The Labute approximate surface area is 166 Å². The zero-order chi connectivity index (χ0) is 20.0. The first-order chi connectivity index (χ1) is 14.1. The van der Waals surface area contributed by atoms with Crippen molar-refractivity contribution in [3.05, 3.63) is 36.5 Å². The Hall–Kier alpha value is -3.56. The molecule has 0 aliphatic carbocycles. The molecule has 5 rings (SSSR count). The lowest BCUT2D eigenvalue weighted by Crippen LogP contribution is -2.57. The molecular formula is C19H20N8O2. The average molecular weight is 392 g/mol. The van der Waals surface area contributed by atoms with Gasteiger partial charge in [0.2, 0.25) is 5.91 Å². The summed E-state index contributed by atoms with van der Waals surface area (Å²) >= 11 is 0. The van der Waals surface area contributed by atoms with Crippen molar-refractivity contribution in [2.45, 2.75) is 25.3 Å². The number of piperazine rings is 1. The Bertz CT molecular complexity index is 1110. The van der Waals surface area contributed by atoms with Gasteiger partial charge in [-0.15, -0.1) is 0 Å². The van der Waals surface area contributed by atoms with Crippen LogP contribution in [0.1, 0.15) is 29.8 Å².